The topological polar surface area (TPSA) is 31.9 Å². The highest BCUT2D eigenvalue weighted by atomic mass is 19.4. The number of hydrogen-bond donors (Lipinski definition) is 1. The number of alkyl halides is 3. The van der Waals surface area contributed by atoms with Gasteiger partial charge < -0.3 is 9.88 Å². The van der Waals surface area contributed by atoms with Crippen LogP contribution >= 0.6 is 0 Å². The van der Waals surface area contributed by atoms with E-state index in [1.54, 1.807) is 0 Å². The molecule has 0 aliphatic carbocycles. The Bertz CT molecular complexity index is 597. The molecule has 1 aliphatic rings. The smallest absolute Gasteiger partial charge is 0.342 e. The predicted octanol–water partition coefficient (Wildman–Crippen LogP) is 3.22. The minimum atomic E-state index is -4.31. The quantitative estimate of drug-likeness (QED) is 0.938. The molecule has 1 aliphatic heterocycles. The predicted molar refractivity (Wildman–Crippen MR) is 70.5 cm³/mol. The van der Waals surface area contributed by atoms with Gasteiger partial charge in [0, 0.05) is 13.0 Å². The van der Waals surface area contributed by atoms with Gasteiger partial charge in [0.05, 0.1) is 16.6 Å². The number of fused-ring (bicyclic) bond motifs is 1. The number of halogens is 3. The number of likely N-dealkylation sites (tertiary alicyclic amines) is 1. The zero-order chi connectivity index (χ0) is 14.2. The van der Waals surface area contributed by atoms with Crippen molar-refractivity contribution >= 4 is 11.0 Å². The second-order valence-corrected chi connectivity index (χ2v) is 5.21. The van der Waals surface area contributed by atoms with E-state index >= 15 is 0 Å². The number of rotatable bonds is 3. The van der Waals surface area contributed by atoms with Crippen molar-refractivity contribution in [1.29, 1.82) is 0 Å². The number of nitrogens with zero attached hydrogens (tertiary/aromatic N) is 2. The summed E-state index contributed by atoms with van der Waals surface area (Å²) >= 11 is 0. The van der Waals surface area contributed by atoms with Gasteiger partial charge in [-0.15, -0.1) is 0 Å². The number of nitrogens with one attached hydrogen (secondary N) is 1. The van der Waals surface area contributed by atoms with Crippen LogP contribution in [0.3, 0.4) is 0 Å². The van der Waals surface area contributed by atoms with E-state index < -0.39 is 11.7 Å². The lowest BCUT2D eigenvalue weighted by atomic mass is 10.2. The van der Waals surface area contributed by atoms with Crippen molar-refractivity contribution in [3.05, 3.63) is 29.6 Å². The minimum absolute atomic E-state index is 0.455. The first-order valence-electron chi connectivity index (χ1n) is 6.80. The zero-order valence-electron chi connectivity index (χ0n) is 11.0. The van der Waals surface area contributed by atoms with Gasteiger partial charge in [0.25, 0.3) is 0 Å². The molecule has 0 unspecified atom stereocenters. The fourth-order valence-electron chi connectivity index (χ4n) is 2.63. The molecule has 1 aromatic carbocycles. The normalized spacial score (nSPS) is 17.1. The van der Waals surface area contributed by atoms with Crippen molar-refractivity contribution in [1.82, 2.24) is 14.9 Å². The fraction of sp³-hybridized carbons (Fsp3) is 0.500. The molecular weight excluding hydrogens is 267 g/mol. The Hall–Kier alpha value is -1.56. The highest BCUT2D eigenvalue weighted by Gasteiger charge is 2.30. The van der Waals surface area contributed by atoms with E-state index in [9.17, 15) is 13.2 Å². The molecule has 0 saturated carbocycles. The van der Waals surface area contributed by atoms with Gasteiger partial charge in [0.1, 0.15) is 5.82 Å². The van der Waals surface area contributed by atoms with Crippen LogP contribution in [0.1, 0.15) is 24.2 Å². The van der Waals surface area contributed by atoms with E-state index in [1.807, 2.05) is 0 Å². The van der Waals surface area contributed by atoms with Crippen LogP contribution in [0.2, 0.25) is 0 Å². The highest BCUT2D eigenvalue weighted by molar-refractivity contribution is 5.76. The molecule has 0 bridgehead atoms. The summed E-state index contributed by atoms with van der Waals surface area (Å²) in [5.41, 5.74) is 0.408. The van der Waals surface area contributed by atoms with Crippen LogP contribution in [-0.2, 0) is 12.6 Å². The van der Waals surface area contributed by atoms with Gasteiger partial charge in [-0.1, -0.05) is 0 Å². The first-order valence-corrected chi connectivity index (χ1v) is 6.80. The average molecular weight is 283 g/mol. The second-order valence-electron chi connectivity index (χ2n) is 5.21. The molecule has 0 radical (unpaired) electrons. The third-order valence-electron chi connectivity index (χ3n) is 3.72. The molecular formula is C14H16F3N3. The Morgan fingerprint density at radius 3 is 2.65 bits per heavy atom. The third kappa shape index (κ3) is 2.80. The van der Waals surface area contributed by atoms with E-state index in [2.05, 4.69) is 14.9 Å². The number of aromatic nitrogens is 2. The largest absolute Gasteiger partial charge is 0.416 e. The monoisotopic (exact) mass is 283 g/mol. The Kier molecular flexibility index (Phi) is 3.41. The van der Waals surface area contributed by atoms with Crippen LogP contribution in [0.4, 0.5) is 13.2 Å². The summed E-state index contributed by atoms with van der Waals surface area (Å²) in [5, 5.41) is 0. The van der Waals surface area contributed by atoms with E-state index in [-0.39, 0.29) is 0 Å². The van der Waals surface area contributed by atoms with Crippen LogP contribution in [0, 0.1) is 0 Å². The van der Waals surface area contributed by atoms with Crippen LogP contribution in [0.5, 0.6) is 0 Å². The summed E-state index contributed by atoms with van der Waals surface area (Å²) in [6.07, 6.45) is -1.10. The summed E-state index contributed by atoms with van der Waals surface area (Å²) in [4.78, 5) is 9.70. The van der Waals surface area contributed by atoms with Crippen LogP contribution in [0.25, 0.3) is 11.0 Å². The lowest BCUT2D eigenvalue weighted by molar-refractivity contribution is -0.137. The molecule has 0 atom stereocenters. The maximum atomic E-state index is 12.6. The Labute approximate surface area is 114 Å². The number of imidazole rings is 1. The summed E-state index contributed by atoms with van der Waals surface area (Å²) < 4.78 is 37.9. The Morgan fingerprint density at radius 1 is 1.20 bits per heavy atom. The molecule has 1 N–H and O–H groups in total. The Morgan fingerprint density at radius 2 is 1.95 bits per heavy atom. The van der Waals surface area contributed by atoms with Crippen LogP contribution < -0.4 is 0 Å². The van der Waals surface area contributed by atoms with Gasteiger partial charge in [0.15, 0.2) is 0 Å². The first-order chi connectivity index (χ1) is 9.52. The van der Waals surface area contributed by atoms with E-state index in [1.165, 1.54) is 18.9 Å². The maximum Gasteiger partial charge on any atom is 0.416 e. The van der Waals surface area contributed by atoms with Crippen LogP contribution in [0.15, 0.2) is 18.2 Å². The zero-order valence-corrected chi connectivity index (χ0v) is 11.0. The van der Waals surface area contributed by atoms with Crippen molar-refractivity contribution < 1.29 is 13.2 Å². The van der Waals surface area contributed by atoms with Gasteiger partial charge in [0.2, 0.25) is 0 Å². The lowest BCUT2D eigenvalue weighted by Crippen LogP contribution is -2.22. The molecule has 108 valence electrons. The molecule has 1 fully saturated rings. The second kappa shape index (κ2) is 5.09. The van der Waals surface area contributed by atoms with Gasteiger partial charge >= 0.3 is 6.18 Å². The van der Waals surface area contributed by atoms with Crippen molar-refractivity contribution in [2.75, 3.05) is 19.6 Å². The molecule has 2 aromatic rings. The van der Waals surface area contributed by atoms with E-state index in [4.69, 9.17) is 0 Å². The summed E-state index contributed by atoms with van der Waals surface area (Å²) in [6.45, 7) is 3.13. The van der Waals surface area contributed by atoms with Gasteiger partial charge in [-0.2, -0.15) is 13.2 Å². The van der Waals surface area contributed by atoms with Gasteiger partial charge in [-0.3, -0.25) is 0 Å². The first kappa shape index (κ1) is 13.4. The third-order valence-corrected chi connectivity index (χ3v) is 3.72. The van der Waals surface area contributed by atoms with Gasteiger partial charge in [-0.05, 0) is 44.1 Å². The highest BCUT2D eigenvalue weighted by Crippen LogP contribution is 2.30. The summed E-state index contributed by atoms with van der Waals surface area (Å²) in [6, 6.07) is 3.63. The average Bonchev–Trinajstić information content (AvgIpc) is 3.03. The number of hydrogen-bond acceptors (Lipinski definition) is 2. The van der Waals surface area contributed by atoms with Crippen molar-refractivity contribution in [3.63, 3.8) is 0 Å². The molecule has 1 aromatic heterocycles. The SMILES string of the molecule is FC(F)(F)c1ccc2nc(CCN3CCCC3)[nH]c2c1. The lowest BCUT2D eigenvalue weighted by Gasteiger charge is -2.12. The molecule has 0 amide bonds. The standard InChI is InChI=1S/C14H16F3N3/c15-14(16,17)10-3-4-11-12(9-10)19-13(18-11)5-8-20-6-1-2-7-20/h3-4,9H,1-2,5-8H2,(H,18,19). The van der Waals surface area contributed by atoms with Gasteiger partial charge in [-0.25, -0.2) is 4.98 Å². The van der Waals surface area contributed by atoms with E-state index in [0.29, 0.717) is 11.0 Å². The number of benzene rings is 1. The summed E-state index contributed by atoms with van der Waals surface area (Å²) in [5.74, 6) is 0.756. The van der Waals surface area contributed by atoms with Crippen molar-refractivity contribution in [3.8, 4) is 0 Å². The molecule has 6 heteroatoms. The van der Waals surface area contributed by atoms with Crippen molar-refractivity contribution in [2.24, 2.45) is 0 Å². The minimum Gasteiger partial charge on any atom is -0.342 e. The fourth-order valence-corrected chi connectivity index (χ4v) is 2.63. The molecule has 20 heavy (non-hydrogen) atoms. The molecule has 0 spiro atoms. The maximum absolute atomic E-state index is 12.6. The molecule has 1 saturated heterocycles. The molecule has 3 rings (SSSR count). The van der Waals surface area contributed by atoms with Crippen LogP contribution in [-0.4, -0.2) is 34.5 Å². The summed E-state index contributed by atoms with van der Waals surface area (Å²) in [7, 11) is 0. The molecule has 2 heterocycles. The van der Waals surface area contributed by atoms with E-state index in [0.717, 1.165) is 44.0 Å². The number of H-pyrrole nitrogens is 1. The van der Waals surface area contributed by atoms with Crippen molar-refractivity contribution in [2.45, 2.75) is 25.4 Å². The number of aromatic amines is 1. The molecule has 3 nitrogen and oxygen atoms in total. The Balaban J connectivity index is 1.76.